The normalized spacial score (nSPS) is 12.5. The molecule has 0 spiro atoms. The zero-order valence-electron chi connectivity index (χ0n) is 17.2. The topological polar surface area (TPSA) is 80.8 Å². The molecule has 0 aliphatic carbocycles. The number of amides is 2. The van der Waals surface area contributed by atoms with Crippen molar-refractivity contribution in [3.8, 4) is 11.5 Å². The van der Waals surface area contributed by atoms with Crippen LogP contribution in [0.3, 0.4) is 0 Å². The third-order valence-corrected chi connectivity index (χ3v) is 5.07. The fourth-order valence-corrected chi connectivity index (χ4v) is 3.78. The SMILES string of the molecule is CC(C)CN(CC(C)C)C(=O)Cc1csc(NC(=O)c2ccc3c(c2)OCO3)n1. The van der Waals surface area contributed by atoms with Gasteiger partial charge >= 0.3 is 0 Å². The maximum atomic E-state index is 12.7. The van der Waals surface area contributed by atoms with E-state index in [0.717, 1.165) is 13.1 Å². The molecule has 0 radical (unpaired) electrons. The van der Waals surface area contributed by atoms with E-state index < -0.39 is 0 Å². The Morgan fingerprint density at radius 3 is 2.52 bits per heavy atom. The molecule has 2 amide bonds. The predicted molar refractivity (Wildman–Crippen MR) is 113 cm³/mol. The Labute approximate surface area is 175 Å². The number of ether oxygens (including phenoxy) is 2. The standard InChI is InChI=1S/C21H27N3O4S/c1-13(2)9-24(10-14(3)4)19(25)8-16-11-29-21(22-16)23-20(26)15-5-6-17-18(7-15)28-12-27-17/h5-7,11,13-14H,8-10,12H2,1-4H3,(H,22,23,26). The molecule has 7 nitrogen and oxygen atoms in total. The summed E-state index contributed by atoms with van der Waals surface area (Å²) in [5, 5.41) is 5.07. The lowest BCUT2D eigenvalue weighted by atomic mass is 10.1. The molecule has 156 valence electrons. The van der Waals surface area contributed by atoms with E-state index in [4.69, 9.17) is 9.47 Å². The third kappa shape index (κ3) is 5.69. The summed E-state index contributed by atoms with van der Waals surface area (Å²) in [6.45, 7) is 10.0. The van der Waals surface area contributed by atoms with Gasteiger partial charge in [-0.2, -0.15) is 0 Å². The van der Waals surface area contributed by atoms with Crippen LogP contribution in [-0.4, -0.2) is 41.6 Å². The second-order valence-corrected chi connectivity index (χ2v) is 8.79. The van der Waals surface area contributed by atoms with Crippen LogP contribution < -0.4 is 14.8 Å². The Balaban J connectivity index is 1.61. The van der Waals surface area contributed by atoms with Gasteiger partial charge in [0.2, 0.25) is 12.7 Å². The number of aromatic nitrogens is 1. The van der Waals surface area contributed by atoms with E-state index in [-0.39, 0.29) is 25.0 Å². The molecule has 2 heterocycles. The van der Waals surface area contributed by atoms with E-state index >= 15 is 0 Å². The first-order chi connectivity index (χ1) is 13.8. The molecule has 8 heteroatoms. The average Bonchev–Trinajstić information content (AvgIpc) is 3.28. The monoisotopic (exact) mass is 417 g/mol. The number of rotatable bonds is 8. The van der Waals surface area contributed by atoms with Gasteiger partial charge < -0.3 is 14.4 Å². The van der Waals surface area contributed by atoms with Gasteiger partial charge in [0.15, 0.2) is 16.6 Å². The number of nitrogens with one attached hydrogen (secondary N) is 1. The first-order valence-corrected chi connectivity index (χ1v) is 10.6. The van der Waals surface area contributed by atoms with Gasteiger partial charge in [-0.1, -0.05) is 27.7 Å². The van der Waals surface area contributed by atoms with Crippen LogP contribution in [0.4, 0.5) is 5.13 Å². The van der Waals surface area contributed by atoms with Crippen molar-refractivity contribution in [2.75, 3.05) is 25.2 Å². The lowest BCUT2D eigenvalue weighted by Crippen LogP contribution is -2.38. The van der Waals surface area contributed by atoms with Crippen LogP contribution in [0.2, 0.25) is 0 Å². The molecule has 1 aliphatic heterocycles. The van der Waals surface area contributed by atoms with E-state index in [1.165, 1.54) is 11.3 Å². The van der Waals surface area contributed by atoms with Crippen molar-refractivity contribution in [3.05, 3.63) is 34.8 Å². The Morgan fingerprint density at radius 2 is 1.83 bits per heavy atom. The zero-order valence-corrected chi connectivity index (χ0v) is 18.0. The molecular formula is C21H27N3O4S. The summed E-state index contributed by atoms with van der Waals surface area (Å²) in [5.41, 5.74) is 1.13. The second kappa shape index (κ2) is 9.26. The Morgan fingerprint density at radius 1 is 1.14 bits per heavy atom. The summed E-state index contributed by atoms with van der Waals surface area (Å²) in [6.07, 6.45) is 0.232. The summed E-state index contributed by atoms with van der Waals surface area (Å²) in [6, 6.07) is 5.03. The first-order valence-electron chi connectivity index (χ1n) is 9.75. The van der Waals surface area contributed by atoms with E-state index in [2.05, 4.69) is 38.0 Å². The van der Waals surface area contributed by atoms with Crippen LogP contribution in [0.15, 0.2) is 23.6 Å². The summed E-state index contributed by atoms with van der Waals surface area (Å²) in [5.74, 6) is 1.78. The minimum atomic E-state index is -0.281. The molecule has 2 aromatic rings. The van der Waals surface area contributed by atoms with Crippen LogP contribution >= 0.6 is 11.3 Å². The molecular weight excluding hydrogens is 390 g/mol. The Kier molecular flexibility index (Phi) is 6.74. The van der Waals surface area contributed by atoms with Crippen molar-refractivity contribution < 1.29 is 19.1 Å². The fourth-order valence-electron chi connectivity index (χ4n) is 3.08. The van der Waals surface area contributed by atoms with Crippen molar-refractivity contribution in [2.45, 2.75) is 34.1 Å². The van der Waals surface area contributed by atoms with Gasteiger partial charge in [-0.3, -0.25) is 14.9 Å². The molecule has 1 aromatic heterocycles. The molecule has 0 saturated heterocycles. The largest absolute Gasteiger partial charge is 0.454 e. The molecule has 29 heavy (non-hydrogen) atoms. The van der Waals surface area contributed by atoms with Gasteiger partial charge in [0.25, 0.3) is 5.91 Å². The summed E-state index contributed by atoms with van der Waals surface area (Å²) >= 11 is 1.31. The Hall–Kier alpha value is -2.61. The molecule has 0 atom stereocenters. The van der Waals surface area contributed by atoms with E-state index in [1.807, 2.05) is 10.3 Å². The quantitative estimate of drug-likeness (QED) is 0.706. The van der Waals surface area contributed by atoms with Crippen LogP contribution in [-0.2, 0) is 11.2 Å². The van der Waals surface area contributed by atoms with Gasteiger partial charge in [-0.15, -0.1) is 11.3 Å². The molecule has 1 N–H and O–H groups in total. The first kappa shape index (κ1) is 21.1. The molecule has 3 rings (SSSR count). The number of fused-ring (bicyclic) bond motifs is 1. The highest BCUT2D eigenvalue weighted by molar-refractivity contribution is 7.14. The third-order valence-electron chi connectivity index (χ3n) is 4.26. The van der Waals surface area contributed by atoms with Crippen LogP contribution in [0.1, 0.15) is 43.7 Å². The molecule has 0 unspecified atom stereocenters. The van der Waals surface area contributed by atoms with Crippen LogP contribution in [0, 0.1) is 11.8 Å². The highest BCUT2D eigenvalue weighted by Crippen LogP contribution is 2.32. The predicted octanol–water partition coefficient (Wildman–Crippen LogP) is 3.81. The van der Waals surface area contributed by atoms with E-state index in [1.54, 1.807) is 18.2 Å². The van der Waals surface area contributed by atoms with Gasteiger partial charge in [0.1, 0.15) is 0 Å². The number of hydrogen-bond donors (Lipinski definition) is 1. The number of thiazole rings is 1. The van der Waals surface area contributed by atoms with Crippen molar-refractivity contribution in [1.82, 2.24) is 9.88 Å². The summed E-state index contributed by atoms with van der Waals surface area (Å²) in [4.78, 5) is 31.5. The number of carbonyl (C=O) groups is 2. The molecule has 0 bridgehead atoms. The van der Waals surface area contributed by atoms with Crippen molar-refractivity contribution >= 4 is 28.3 Å². The van der Waals surface area contributed by atoms with Crippen LogP contribution in [0.25, 0.3) is 0 Å². The molecule has 1 aliphatic rings. The highest BCUT2D eigenvalue weighted by Gasteiger charge is 2.19. The highest BCUT2D eigenvalue weighted by atomic mass is 32.1. The van der Waals surface area contributed by atoms with Gasteiger partial charge in [0.05, 0.1) is 12.1 Å². The lowest BCUT2D eigenvalue weighted by Gasteiger charge is -2.26. The number of hydrogen-bond acceptors (Lipinski definition) is 6. The van der Waals surface area contributed by atoms with E-state index in [9.17, 15) is 9.59 Å². The van der Waals surface area contributed by atoms with Crippen molar-refractivity contribution in [3.63, 3.8) is 0 Å². The van der Waals surface area contributed by atoms with Gasteiger partial charge in [-0.25, -0.2) is 4.98 Å². The average molecular weight is 418 g/mol. The number of nitrogens with zero attached hydrogens (tertiary/aromatic N) is 2. The van der Waals surface area contributed by atoms with Gasteiger partial charge in [0, 0.05) is 24.0 Å². The molecule has 1 aromatic carbocycles. The number of carbonyl (C=O) groups excluding carboxylic acids is 2. The smallest absolute Gasteiger partial charge is 0.257 e. The molecule has 0 fully saturated rings. The fraction of sp³-hybridized carbons (Fsp3) is 0.476. The number of anilines is 1. The summed E-state index contributed by atoms with van der Waals surface area (Å²) in [7, 11) is 0. The maximum Gasteiger partial charge on any atom is 0.257 e. The van der Waals surface area contributed by atoms with Crippen molar-refractivity contribution in [2.24, 2.45) is 11.8 Å². The minimum Gasteiger partial charge on any atom is -0.454 e. The summed E-state index contributed by atoms with van der Waals surface area (Å²) < 4.78 is 10.6. The Bertz CT molecular complexity index is 869. The minimum absolute atomic E-state index is 0.0614. The lowest BCUT2D eigenvalue weighted by molar-refractivity contribution is -0.131. The zero-order chi connectivity index (χ0) is 21.0. The van der Waals surface area contributed by atoms with Crippen molar-refractivity contribution in [1.29, 1.82) is 0 Å². The second-order valence-electron chi connectivity index (χ2n) is 7.93. The molecule has 0 saturated carbocycles. The maximum absolute atomic E-state index is 12.7. The van der Waals surface area contributed by atoms with Crippen LogP contribution in [0.5, 0.6) is 11.5 Å². The van der Waals surface area contributed by atoms with Gasteiger partial charge in [-0.05, 0) is 30.0 Å². The number of benzene rings is 1. The van der Waals surface area contributed by atoms with E-state index in [0.29, 0.717) is 39.7 Å².